The lowest BCUT2D eigenvalue weighted by Crippen LogP contribution is -2.37. The number of carbonyl (C=O) groups is 2. The second-order valence-corrected chi connectivity index (χ2v) is 7.48. The molecular formula is C17H18ClN3O4S. The van der Waals surface area contributed by atoms with E-state index in [1.165, 1.54) is 12.1 Å². The molecule has 0 aliphatic heterocycles. The molecule has 0 radical (unpaired) electrons. The molecule has 0 bridgehead atoms. The third-order valence-electron chi connectivity index (χ3n) is 3.50. The Balaban J connectivity index is 1.73. The number of nitrogens with two attached hydrogens (primary N) is 1. The van der Waals surface area contributed by atoms with Crippen molar-refractivity contribution in [3.05, 3.63) is 64.7 Å². The van der Waals surface area contributed by atoms with Gasteiger partial charge in [-0.25, -0.2) is 13.6 Å². The maximum atomic E-state index is 11.9. The van der Waals surface area contributed by atoms with Crippen LogP contribution in [0.2, 0.25) is 5.02 Å². The van der Waals surface area contributed by atoms with Crippen LogP contribution in [0.1, 0.15) is 15.9 Å². The van der Waals surface area contributed by atoms with Crippen molar-refractivity contribution < 1.29 is 18.0 Å². The van der Waals surface area contributed by atoms with E-state index in [2.05, 4.69) is 10.6 Å². The fourth-order valence-electron chi connectivity index (χ4n) is 2.12. The second-order valence-electron chi connectivity index (χ2n) is 5.48. The summed E-state index contributed by atoms with van der Waals surface area (Å²) in [6.45, 7) is 0.205. The number of hydrogen-bond donors (Lipinski definition) is 3. The van der Waals surface area contributed by atoms with Crippen LogP contribution in [0.5, 0.6) is 0 Å². The average molecular weight is 396 g/mol. The molecule has 2 aromatic carbocycles. The number of halogens is 1. The normalized spacial score (nSPS) is 11.0. The summed E-state index contributed by atoms with van der Waals surface area (Å²) in [4.78, 5) is 23.7. The molecule has 2 aromatic rings. The van der Waals surface area contributed by atoms with Crippen LogP contribution in [0.4, 0.5) is 0 Å². The van der Waals surface area contributed by atoms with Gasteiger partial charge < -0.3 is 10.6 Å². The van der Waals surface area contributed by atoms with Crippen LogP contribution in [0.25, 0.3) is 0 Å². The molecular weight excluding hydrogens is 378 g/mol. The smallest absolute Gasteiger partial charge is 0.251 e. The van der Waals surface area contributed by atoms with Gasteiger partial charge >= 0.3 is 0 Å². The van der Waals surface area contributed by atoms with Crippen molar-refractivity contribution in [2.75, 3.05) is 13.1 Å². The van der Waals surface area contributed by atoms with Gasteiger partial charge in [0.1, 0.15) is 0 Å². The quantitative estimate of drug-likeness (QED) is 0.649. The summed E-state index contributed by atoms with van der Waals surface area (Å²) in [7, 11) is -3.71. The summed E-state index contributed by atoms with van der Waals surface area (Å²) >= 11 is 5.75. The highest BCUT2D eigenvalue weighted by Gasteiger charge is 2.09. The van der Waals surface area contributed by atoms with Gasteiger partial charge in [-0.05, 0) is 48.4 Å². The molecule has 0 saturated heterocycles. The molecule has 4 N–H and O–H groups in total. The van der Waals surface area contributed by atoms with Crippen molar-refractivity contribution in [1.29, 1.82) is 0 Å². The minimum Gasteiger partial charge on any atom is -0.354 e. The number of rotatable bonds is 7. The lowest BCUT2D eigenvalue weighted by atomic mass is 10.1. The topological polar surface area (TPSA) is 118 Å². The van der Waals surface area contributed by atoms with Gasteiger partial charge in [-0.1, -0.05) is 23.7 Å². The molecule has 0 aliphatic carbocycles. The third-order valence-corrected chi connectivity index (χ3v) is 4.68. The summed E-state index contributed by atoms with van der Waals surface area (Å²) in [6, 6.07) is 12.4. The highest BCUT2D eigenvalue weighted by atomic mass is 35.5. The molecule has 2 amide bonds. The maximum absolute atomic E-state index is 11.9. The fraction of sp³-hybridized carbons (Fsp3) is 0.176. The molecule has 0 unspecified atom stereocenters. The molecule has 2 rings (SSSR count). The molecule has 0 aromatic heterocycles. The van der Waals surface area contributed by atoms with E-state index in [0.717, 1.165) is 5.56 Å². The number of carbonyl (C=O) groups excluding carboxylic acids is 2. The van der Waals surface area contributed by atoms with Crippen LogP contribution in [0.3, 0.4) is 0 Å². The van der Waals surface area contributed by atoms with Crippen molar-refractivity contribution in [1.82, 2.24) is 10.6 Å². The first-order chi connectivity index (χ1) is 12.3. The molecule has 0 spiro atoms. The summed E-state index contributed by atoms with van der Waals surface area (Å²) < 4.78 is 22.3. The first-order valence-electron chi connectivity index (χ1n) is 7.68. The number of benzene rings is 2. The van der Waals surface area contributed by atoms with Gasteiger partial charge in [-0.2, -0.15) is 0 Å². The number of amides is 2. The van der Waals surface area contributed by atoms with Crippen LogP contribution in [-0.2, 0) is 21.2 Å². The van der Waals surface area contributed by atoms with Crippen LogP contribution in [0, 0.1) is 0 Å². The molecule has 138 valence electrons. The lowest BCUT2D eigenvalue weighted by molar-refractivity contribution is -0.120. The van der Waals surface area contributed by atoms with E-state index in [1.54, 1.807) is 36.4 Å². The van der Waals surface area contributed by atoms with Gasteiger partial charge in [0, 0.05) is 17.1 Å². The van der Waals surface area contributed by atoms with Gasteiger partial charge in [-0.15, -0.1) is 0 Å². The van der Waals surface area contributed by atoms with Crippen molar-refractivity contribution in [2.24, 2.45) is 5.14 Å². The standard InChI is InChI=1S/C17H18ClN3O4S/c18-14-5-3-13(4-6-14)17(23)21-11-16(22)20-10-9-12-1-7-15(8-2-12)26(19,24)25/h1-8H,9-11H2,(H,20,22)(H,21,23)(H2,19,24,25). The minimum absolute atomic E-state index is 0.0372. The molecule has 0 heterocycles. The van der Waals surface area contributed by atoms with E-state index in [9.17, 15) is 18.0 Å². The Hall–Kier alpha value is -2.42. The number of hydrogen-bond acceptors (Lipinski definition) is 4. The number of sulfonamides is 1. The number of nitrogens with one attached hydrogen (secondary N) is 2. The van der Waals surface area contributed by atoms with Crippen LogP contribution in [0.15, 0.2) is 53.4 Å². The predicted octanol–water partition coefficient (Wildman–Crippen LogP) is 1.08. The van der Waals surface area contributed by atoms with Gasteiger partial charge in [0.2, 0.25) is 15.9 Å². The van der Waals surface area contributed by atoms with E-state index in [4.69, 9.17) is 16.7 Å². The Morgan fingerprint density at radius 3 is 2.15 bits per heavy atom. The van der Waals surface area contributed by atoms with Crippen LogP contribution < -0.4 is 15.8 Å². The zero-order chi connectivity index (χ0) is 19.2. The Morgan fingerprint density at radius 2 is 1.58 bits per heavy atom. The van der Waals surface area contributed by atoms with Gasteiger partial charge in [0.25, 0.3) is 5.91 Å². The zero-order valence-corrected chi connectivity index (χ0v) is 15.3. The SMILES string of the molecule is NS(=O)(=O)c1ccc(CCNC(=O)CNC(=O)c2ccc(Cl)cc2)cc1. The van der Waals surface area contributed by atoms with Crippen molar-refractivity contribution >= 4 is 33.4 Å². The highest BCUT2D eigenvalue weighted by Crippen LogP contribution is 2.10. The monoisotopic (exact) mass is 395 g/mol. The van der Waals surface area contributed by atoms with Gasteiger partial charge in [0.05, 0.1) is 11.4 Å². The largest absolute Gasteiger partial charge is 0.354 e. The van der Waals surface area contributed by atoms with E-state index < -0.39 is 10.0 Å². The first kappa shape index (κ1) is 19.9. The van der Waals surface area contributed by atoms with E-state index in [0.29, 0.717) is 23.6 Å². The molecule has 7 nitrogen and oxygen atoms in total. The number of primary sulfonamides is 1. The average Bonchev–Trinajstić information content (AvgIpc) is 2.60. The van der Waals surface area contributed by atoms with E-state index in [1.807, 2.05) is 0 Å². The summed E-state index contributed by atoms with van der Waals surface area (Å²) in [6.07, 6.45) is 0.516. The first-order valence-corrected chi connectivity index (χ1v) is 9.60. The predicted molar refractivity (Wildman–Crippen MR) is 98.3 cm³/mol. The van der Waals surface area contributed by atoms with E-state index in [-0.39, 0.29) is 23.3 Å². The Bertz CT molecular complexity index is 881. The summed E-state index contributed by atoms with van der Waals surface area (Å²) in [5.41, 5.74) is 1.26. The highest BCUT2D eigenvalue weighted by molar-refractivity contribution is 7.89. The lowest BCUT2D eigenvalue weighted by Gasteiger charge is -2.08. The van der Waals surface area contributed by atoms with Crippen LogP contribution in [-0.4, -0.2) is 33.3 Å². The van der Waals surface area contributed by atoms with Crippen molar-refractivity contribution in [3.63, 3.8) is 0 Å². The molecule has 0 fully saturated rings. The van der Waals surface area contributed by atoms with Crippen LogP contribution >= 0.6 is 11.6 Å². The van der Waals surface area contributed by atoms with Crippen molar-refractivity contribution in [3.8, 4) is 0 Å². The molecule has 9 heteroatoms. The Kier molecular flexibility index (Phi) is 6.73. The summed E-state index contributed by atoms with van der Waals surface area (Å²) in [5.74, 6) is -0.691. The van der Waals surface area contributed by atoms with Gasteiger partial charge in [-0.3, -0.25) is 9.59 Å². The third kappa shape index (κ3) is 6.14. The zero-order valence-electron chi connectivity index (χ0n) is 13.7. The minimum atomic E-state index is -3.71. The van der Waals surface area contributed by atoms with E-state index >= 15 is 0 Å². The van der Waals surface area contributed by atoms with Gasteiger partial charge in [0.15, 0.2) is 0 Å². The Labute approximate surface area is 156 Å². The molecule has 0 atom stereocenters. The fourth-order valence-corrected chi connectivity index (χ4v) is 2.76. The molecule has 0 saturated carbocycles. The molecule has 26 heavy (non-hydrogen) atoms. The summed E-state index contributed by atoms with van der Waals surface area (Å²) in [5, 5.41) is 10.7. The maximum Gasteiger partial charge on any atom is 0.251 e. The van der Waals surface area contributed by atoms with Crippen molar-refractivity contribution in [2.45, 2.75) is 11.3 Å². The Morgan fingerprint density at radius 1 is 0.962 bits per heavy atom. The molecule has 0 aliphatic rings. The second kappa shape index (κ2) is 8.79.